The Balaban J connectivity index is 4.38. The number of carbonyl (C=O) groups excluding carboxylic acids is 1. The van der Waals surface area contributed by atoms with Crippen molar-refractivity contribution >= 4 is 12.0 Å². The summed E-state index contributed by atoms with van der Waals surface area (Å²) in [5.41, 5.74) is -1.29. The molecule has 0 aliphatic heterocycles. The van der Waals surface area contributed by atoms with Crippen molar-refractivity contribution < 1.29 is 19.4 Å². The maximum absolute atomic E-state index is 11.7. The number of urea groups is 1. The van der Waals surface area contributed by atoms with Crippen molar-refractivity contribution in [2.75, 3.05) is 13.2 Å². The molecule has 1 atom stereocenters. The number of hydrogen-bond donors (Lipinski definition) is 3. The van der Waals surface area contributed by atoms with E-state index in [1.807, 2.05) is 20.8 Å². The summed E-state index contributed by atoms with van der Waals surface area (Å²) in [7, 11) is 0. The lowest BCUT2D eigenvalue weighted by atomic mass is 10.1. The summed E-state index contributed by atoms with van der Waals surface area (Å²) in [5.74, 6) is -0.876. The number of carboxylic acid groups (broad SMARTS) is 1. The lowest BCUT2D eigenvalue weighted by molar-refractivity contribution is -0.142. The zero-order valence-electron chi connectivity index (χ0n) is 11.7. The van der Waals surface area contributed by atoms with E-state index in [1.54, 1.807) is 0 Å². The van der Waals surface area contributed by atoms with Crippen LogP contribution < -0.4 is 10.6 Å². The number of carboxylic acids is 1. The van der Waals surface area contributed by atoms with E-state index in [1.165, 1.54) is 13.8 Å². The Morgan fingerprint density at radius 2 is 1.89 bits per heavy atom. The Morgan fingerprint density at radius 1 is 1.33 bits per heavy atom. The van der Waals surface area contributed by atoms with Gasteiger partial charge in [-0.1, -0.05) is 13.8 Å². The molecule has 6 nitrogen and oxygen atoms in total. The van der Waals surface area contributed by atoms with Gasteiger partial charge in [-0.25, -0.2) is 9.59 Å². The molecule has 106 valence electrons. The quantitative estimate of drug-likeness (QED) is 0.642. The second-order valence-corrected chi connectivity index (χ2v) is 5.04. The Morgan fingerprint density at radius 3 is 2.28 bits per heavy atom. The molecule has 0 saturated carbocycles. The molecule has 1 unspecified atom stereocenters. The van der Waals surface area contributed by atoms with Gasteiger partial charge < -0.3 is 20.5 Å². The van der Waals surface area contributed by atoms with Crippen molar-refractivity contribution in [3.63, 3.8) is 0 Å². The summed E-state index contributed by atoms with van der Waals surface area (Å²) >= 11 is 0. The summed E-state index contributed by atoms with van der Waals surface area (Å²) in [4.78, 5) is 22.6. The molecule has 0 aromatic carbocycles. The van der Waals surface area contributed by atoms with Crippen molar-refractivity contribution in [3.8, 4) is 0 Å². The zero-order chi connectivity index (χ0) is 14.3. The molecular formula is C12H24N2O4. The normalized spacial score (nSPS) is 13.2. The van der Waals surface area contributed by atoms with Gasteiger partial charge in [-0.05, 0) is 26.7 Å². The van der Waals surface area contributed by atoms with Crippen LogP contribution >= 0.6 is 0 Å². The highest BCUT2D eigenvalue weighted by molar-refractivity contribution is 5.85. The van der Waals surface area contributed by atoms with Crippen LogP contribution in [0.5, 0.6) is 0 Å². The fraction of sp³-hybridized carbons (Fsp3) is 0.833. The summed E-state index contributed by atoms with van der Waals surface area (Å²) < 4.78 is 5.28. The first-order valence-electron chi connectivity index (χ1n) is 6.10. The van der Waals surface area contributed by atoms with Crippen molar-refractivity contribution in [2.45, 2.75) is 46.2 Å². The Kier molecular flexibility index (Phi) is 6.68. The van der Waals surface area contributed by atoms with E-state index in [0.29, 0.717) is 13.2 Å². The molecule has 3 N–H and O–H groups in total. The molecule has 0 aliphatic rings. The third-order valence-corrected chi connectivity index (χ3v) is 2.58. The number of carbonyl (C=O) groups is 2. The maximum Gasteiger partial charge on any atom is 0.328 e. The Labute approximate surface area is 108 Å². The van der Waals surface area contributed by atoms with Crippen molar-refractivity contribution in [1.29, 1.82) is 0 Å². The monoisotopic (exact) mass is 260 g/mol. The van der Waals surface area contributed by atoms with Gasteiger partial charge in [0.1, 0.15) is 5.54 Å². The van der Waals surface area contributed by atoms with Gasteiger partial charge in [-0.2, -0.15) is 0 Å². The van der Waals surface area contributed by atoms with E-state index in [-0.39, 0.29) is 12.0 Å². The van der Waals surface area contributed by atoms with Gasteiger partial charge in [0.2, 0.25) is 0 Å². The first-order valence-corrected chi connectivity index (χ1v) is 6.10. The number of rotatable bonds is 7. The second-order valence-electron chi connectivity index (χ2n) is 5.04. The summed E-state index contributed by atoms with van der Waals surface area (Å²) in [6, 6.07) is -0.643. The minimum Gasteiger partial charge on any atom is -0.480 e. The molecule has 6 heteroatoms. The van der Waals surface area contributed by atoms with E-state index in [2.05, 4.69) is 10.6 Å². The summed E-state index contributed by atoms with van der Waals surface area (Å²) in [5, 5.41) is 14.0. The van der Waals surface area contributed by atoms with Crippen molar-refractivity contribution in [2.24, 2.45) is 5.92 Å². The predicted octanol–water partition coefficient (Wildman–Crippen LogP) is 1.21. The second kappa shape index (κ2) is 7.20. The van der Waals surface area contributed by atoms with E-state index in [9.17, 15) is 9.59 Å². The average Bonchev–Trinajstić information content (AvgIpc) is 2.22. The highest BCUT2D eigenvalue weighted by Gasteiger charge is 2.29. The van der Waals surface area contributed by atoms with Gasteiger partial charge in [-0.15, -0.1) is 0 Å². The van der Waals surface area contributed by atoms with Crippen LogP contribution in [-0.4, -0.2) is 41.9 Å². The number of nitrogens with one attached hydrogen (secondary N) is 2. The summed E-state index contributed by atoms with van der Waals surface area (Å²) in [6.07, 6.45) is 0. The van der Waals surface area contributed by atoms with Gasteiger partial charge in [0.15, 0.2) is 0 Å². The molecule has 0 aromatic heterocycles. The van der Waals surface area contributed by atoms with Crippen LogP contribution in [0.2, 0.25) is 0 Å². The van der Waals surface area contributed by atoms with Gasteiger partial charge in [0.25, 0.3) is 0 Å². The molecule has 0 radical (unpaired) electrons. The van der Waals surface area contributed by atoms with E-state index in [0.717, 1.165) is 0 Å². The van der Waals surface area contributed by atoms with E-state index >= 15 is 0 Å². The van der Waals surface area contributed by atoms with Crippen LogP contribution in [-0.2, 0) is 9.53 Å². The van der Waals surface area contributed by atoms with Gasteiger partial charge in [0.05, 0.1) is 12.6 Å². The minimum atomic E-state index is -1.29. The molecular weight excluding hydrogens is 236 g/mol. The standard InChI is InChI=1S/C12H24N2O4/c1-6-18-7-9(8(2)3)13-11(17)14-12(4,5)10(15)16/h8-9H,6-7H2,1-5H3,(H,15,16)(H2,13,14,17). The molecule has 0 saturated heterocycles. The van der Waals surface area contributed by atoms with Gasteiger partial charge in [0, 0.05) is 6.61 Å². The van der Waals surface area contributed by atoms with E-state index in [4.69, 9.17) is 9.84 Å². The third-order valence-electron chi connectivity index (χ3n) is 2.58. The van der Waals surface area contributed by atoms with Crippen LogP contribution in [0.25, 0.3) is 0 Å². The van der Waals surface area contributed by atoms with Crippen LogP contribution in [0.3, 0.4) is 0 Å². The number of ether oxygens (including phenoxy) is 1. The molecule has 0 aromatic rings. The molecule has 0 aliphatic carbocycles. The van der Waals surface area contributed by atoms with Crippen molar-refractivity contribution in [1.82, 2.24) is 10.6 Å². The first-order chi connectivity index (χ1) is 8.20. The molecule has 0 rings (SSSR count). The van der Waals surface area contributed by atoms with Gasteiger partial charge in [-0.3, -0.25) is 0 Å². The zero-order valence-corrected chi connectivity index (χ0v) is 11.7. The van der Waals surface area contributed by atoms with Gasteiger partial charge >= 0.3 is 12.0 Å². The largest absolute Gasteiger partial charge is 0.480 e. The molecule has 2 amide bonds. The summed E-state index contributed by atoms with van der Waals surface area (Å²) in [6.45, 7) is 9.66. The highest BCUT2D eigenvalue weighted by Crippen LogP contribution is 2.04. The number of aliphatic carboxylic acids is 1. The topological polar surface area (TPSA) is 87.7 Å². The average molecular weight is 260 g/mol. The smallest absolute Gasteiger partial charge is 0.328 e. The fourth-order valence-electron chi connectivity index (χ4n) is 1.19. The highest BCUT2D eigenvalue weighted by atomic mass is 16.5. The van der Waals surface area contributed by atoms with Crippen LogP contribution in [0.1, 0.15) is 34.6 Å². The molecule has 0 bridgehead atoms. The lowest BCUT2D eigenvalue weighted by Gasteiger charge is -2.26. The SMILES string of the molecule is CCOCC(NC(=O)NC(C)(C)C(=O)O)C(C)C. The molecule has 0 spiro atoms. The minimum absolute atomic E-state index is 0.144. The number of amides is 2. The van der Waals surface area contributed by atoms with Crippen LogP contribution in [0, 0.1) is 5.92 Å². The van der Waals surface area contributed by atoms with Crippen molar-refractivity contribution in [3.05, 3.63) is 0 Å². The fourth-order valence-corrected chi connectivity index (χ4v) is 1.19. The third kappa shape index (κ3) is 5.86. The maximum atomic E-state index is 11.7. The molecule has 0 heterocycles. The molecule has 18 heavy (non-hydrogen) atoms. The van der Waals surface area contributed by atoms with Crippen LogP contribution in [0.15, 0.2) is 0 Å². The van der Waals surface area contributed by atoms with Crippen LogP contribution in [0.4, 0.5) is 4.79 Å². The lowest BCUT2D eigenvalue weighted by Crippen LogP contribution is -2.56. The predicted molar refractivity (Wildman–Crippen MR) is 68.5 cm³/mol. The Bertz CT molecular complexity index is 290. The molecule has 0 fully saturated rings. The first kappa shape index (κ1) is 16.7. The number of hydrogen-bond acceptors (Lipinski definition) is 3. The Hall–Kier alpha value is -1.30. The van der Waals surface area contributed by atoms with E-state index < -0.39 is 17.5 Å².